The molecule has 0 fully saturated rings. The Bertz CT molecular complexity index is 734. The highest BCUT2D eigenvalue weighted by Crippen LogP contribution is 2.25. The molecule has 0 spiro atoms. The van der Waals surface area contributed by atoms with E-state index in [1.807, 2.05) is 60.7 Å². The monoisotopic (exact) mass is 307 g/mol. The van der Waals surface area contributed by atoms with E-state index in [1.54, 1.807) is 0 Å². The first-order valence-corrected chi connectivity index (χ1v) is 8.01. The van der Waals surface area contributed by atoms with Gasteiger partial charge in [-0.3, -0.25) is 0 Å². The molecular weight excluding hydrogens is 290 g/mol. The second kappa shape index (κ2) is 7.16. The molecule has 1 heterocycles. The zero-order valence-electron chi connectivity index (χ0n) is 12.1. The van der Waals surface area contributed by atoms with Gasteiger partial charge in [0.15, 0.2) is 0 Å². The van der Waals surface area contributed by atoms with Gasteiger partial charge in [0.05, 0.1) is 16.7 Å². The van der Waals surface area contributed by atoms with Gasteiger partial charge in [0.2, 0.25) is 0 Å². The number of benzene rings is 2. The van der Waals surface area contributed by atoms with E-state index in [0.717, 1.165) is 16.1 Å². The first kappa shape index (κ1) is 14.7. The van der Waals surface area contributed by atoms with Gasteiger partial charge in [-0.1, -0.05) is 72.8 Å². The van der Waals surface area contributed by atoms with E-state index in [1.165, 1.54) is 17.1 Å². The molecule has 0 aliphatic carbocycles. The minimum Gasteiger partial charge on any atom is -0.389 e. The average Bonchev–Trinajstić information content (AvgIpc) is 3.03. The molecule has 0 radical (unpaired) electrons. The summed E-state index contributed by atoms with van der Waals surface area (Å²) in [5, 5.41) is 10.1. The normalized spacial score (nSPS) is 12.6. The van der Waals surface area contributed by atoms with Crippen LogP contribution in [0.2, 0.25) is 0 Å². The fraction of sp³-hybridized carbons (Fsp3) is 0.105. The summed E-state index contributed by atoms with van der Waals surface area (Å²) in [6.45, 7) is 0. The number of hydrogen-bond acceptors (Lipinski definition) is 3. The minimum atomic E-state index is -0.522. The molecule has 0 aliphatic rings. The Hall–Kier alpha value is -2.23. The van der Waals surface area contributed by atoms with Crippen molar-refractivity contribution in [3.63, 3.8) is 0 Å². The lowest BCUT2D eigenvalue weighted by atomic mass is 10.1. The highest BCUT2D eigenvalue weighted by atomic mass is 32.1. The van der Waals surface area contributed by atoms with Crippen molar-refractivity contribution in [1.82, 2.24) is 4.37 Å². The minimum absolute atomic E-state index is 0.522. The molecule has 3 aromatic rings. The number of aliphatic hydroxyl groups is 1. The summed E-state index contributed by atoms with van der Waals surface area (Å²) in [4.78, 5) is 1.13. The number of hydrogen-bond donors (Lipinski definition) is 1. The van der Waals surface area contributed by atoms with Gasteiger partial charge in [0.1, 0.15) is 0 Å². The molecule has 1 unspecified atom stereocenters. The van der Waals surface area contributed by atoms with Crippen molar-refractivity contribution in [2.45, 2.75) is 12.5 Å². The van der Waals surface area contributed by atoms with E-state index in [2.05, 4.69) is 22.6 Å². The number of aliphatic hydroxyl groups excluding tert-OH is 1. The van der Waals surface area contributed by atoms with Crippen LogP contribution in [0, 0.1) is 0 Å². The fourth-order valence-electron chi connectivity index (χ4n) is 2.22. The predicted octanol–water partition coefficient (Wildman–Crippen LogP) is 4.43. The third-order valence-corrected chi connectivity index (χ3v) is 4.22. The molecule has 2 aromatic carbocycles. The van der Waals surface area contributed by atoms with Gasteiger partial charge in [0, 0.05) is 6.42 Å². The van der Waals surface area contributed by atoms with Gasteiger partial charge in [0.25, 0.3) is 0 Å². The van der Waals surface area contributed by atoms with Gasteiger partial charge in [-0.15, -0.1) is 0 Å². The SMILES string of the molecule is OC(/C=C/c1ccccc1)Cc1cc(-c2ccccc2)sn1. The fourth-order valence-corrected chi connectivity index (χ4v) is 2.99. The molecule has 0 bridgehead atoms. The van der Waals surface area contributed by atoms with Crippen LogP contribution >= 0.6 is 11.5 Å². The molecule has 0 aliphatic heterocycles. The van der Waals surface area contributed by atoms with E-state index in [0.29, 0.717) is 6.42 Å². The van der Waals surface area contributed by atoms with E-state index >= 15 is 0 Å². The highest BCUT2D eigenvalue weighted by molar-refractivity contribution is 7.09. The van der Waals surface area contributed by atoms with Crippen molar-refractivity contribution < 1.29 is 5.11 Å². The quantitative estimate of drug-likeness (QED) is 0.756. The summed E-state index contributed by atoms with van der Waals surface area (Å²) in [6.07, 6.45) is 3.77. The average molecular weight is 307 g/mol. The molecule has 0 amide bonds. The van der Waals surface area contributed by atoms with Gasteiger partial charge in [-0.2, -0.15) is 4.37 Å². The Labute approximate surface area is 134 Å². The Balaban J connectivity index is 1.64. The first-order valence-electron chi connectivity index (χ1n) is 7.23. The highest BCUT2D eigenvalue weighted by Gasteiger charge is 2.07. The summed E-state index contributed by atoms with van der Waals surface area (Å²) in [5.74, 6) is 0. The van der Waals surface area contributed by atoms with Gasteiger partial charge < -0.3 is 5.11 Å². The summed E-state index contributed by atoms with van der Waals surface area (Å²) in [6, 6.07) is 22.2. The number of nitrogens with zero attached hydrogens (tertiary/aromatic N) is 1. The van der Waals surface area contributed by atoms with Gasteiger partial charge in [-0.05, 0) is 28.7 Å². The molecule has 1 N–H and O–H groups in total. The molecule has 3 heteroatoms. The largest absolute Gasteiger partial charge is 0.389 e. The Kier molecular flexibility index (Phi) is 4.78. The van der Waals surface area contributed by atoms with E-state index in [9.17, 15) is 5.11 Å². The molecule has 110 valence electrons. The lowest BCUT2D eigenvalue weighted by Gasteiger charge is -2.02. The van der Waals surface area contributed by atoms with Crippen LogP contribution in [0.1, 0.15) is 11.3 Å². The Morgan fingerprint density at radius 2 is 1.68 bits per heavy atom. The maximum atomic E-state index is 10.1. The lowest BCUT2D eigenvalue weighted by molar-refractivity contribution is 0.224. The zero-order valence-corrected chi connectivity index (χ0v) is 12.9. The molecule has 0 saturated heterocycles. The second-order valence-electron chi connectivity index (χ2n) is 5.09. The topological polar surface area (TPSA) is 33.1 Å². The zero-order chi connectivity index (χ0) is 15.2. The smallest absolute Gasteiger partial charge is 0.0779 e. The van der Waals surface area contributed by atoms with Crippen molar-refractivity contribution in [3.05, 3.63) is 84.1 Å². The molecular formula is C19H17NOS. The van der Waals surface area contributed by atoms with E-state index in [-0.39, 0.29) is 0 Å². The molecule has 22 heavy (non-hydrogen) atoms. The van der Waals surface area contributed by atoms with Crippen LogP contribution < -0.4 is 0 Å². The summed E-state index contributed by atoms with van der Waals surface area (Å²) >= 11 is 1.47. The maximum Gasteiger partial charge on any atom is 0.0779 e. The van der Waals surface area contributed by atoms with Gasteiger partial charge >= 0.3 is 0 Å². The third kappa shape index (κ3) is 3.91. The second-order valence-corrected chi connectivity index (χ2v) is 5.89. The molecule has 3 rings (SSSR count). The van der Waals surface area contributed by atoms with Crippen LogP contribution in [0.4, 0.5) is 0 Å². The third-order valence-electron chi connectivity index (χ3n) is 3.35. The summed E-state index contributed by atoms with van der Waals surface area (Å²) in [7, 11) is 0. The van der Waals surface area contributed by atoms with Gasteiger partial charge in [-0.25, -0.2) is 0 Å². The van der Waals surface area contributed by atoms with Crippen LogP contribution in [-0.4, -0.2) is 15.6 Å². The summed E-state index contributed by atoms with van der Waals surface area (Å²) < 4.78 is 4.44. The van der Waals surface area contributed by atoms with Crippen LogP contribution in [0.15, 0.2) is 72.8 Å². The molecule has 2 nitrogen and oxygen atoms in total. The Morgan fingerprint density at radius 1 is 1.00 bits per heavy atom. The van der Waals surface area contributed by atoms with Crippen molar-refractivity contribution >= 4 is 17.6 Å². The van der Waals surface area contributed by atoms with E-state index in [4.69, 9.17) is 0 Å². The standard InChI is InChI=1S/C19H17NOS/c21-18(12-11-15-7-3-1-4-8-15)13-17-14-19(22-20-17)16-9-5-2-6-10-16/h1-12,14,18,21H,13H2/b12-11+. The maximum absolute atomic E-state index is 10.1. The van der Waals surface area contributed by atoms with Crippen molar-refractivity contribution in [1.29, 1.82) is 0 Å². The van der Waals surface area contributed by atoms with Crippen LogP contribution in [0.25, 0.3) is 16.5 Å². The van der Waals surface area contributed by atoms with E-state index < -0.39 is 6.10 Å². The predicted molar refractivity (Wildman–Crippen MR) is 92.7 cm³/mol. The van der Waals surface area contributed by atoms with Crippen LogP contribution in [-0.2, 0) is 6.42 Å². The molecule has 1 atom stereocenters. The Morgan fingerprint density at radius 3 is 2.41 bits per heavy atom. The van der Waals surface area contributed by atoms with Crippen molar-refractivity contribution in [2.75, 3.05) is 0 Å². The molecule has 1 aromatic heterocycles. The van der Waals surface area contributed by atoms with Crippen LogP contribution in [0.5, 0.6) is 0 Å². The number of rotatable bonds is 5. The van der Waals surface area contributed by atoms with Crippen molar-refractivity contribution in [3.8, 4) is 10.4 Å². The lowest BCUT2D eigenvalue weighted by Crippen LogP contribution is -2.06. The van der Waals surface area contributed by atoms with Crippen molar-refractivity contribution in [2.24, 2.45) is 0 Å². The molecule has 0 saturated carbocycles. The van der Waals surface area contributed by atoms with Crippen LogP contribution in [0.3, 0.4) is 0 Å². The number of aromatic nitrogens is 1. The summed E-state index contributed by atoms with van der Waals surface area (Å²) in [5.41, 5.74) is 3.18. The first-order chi connectivity index (χ1) is 10.8.